The molecule has 0 unspecified atom stereocenters. The highest BCUT2D eigenvalue weighted by molar-refractivity contribution is 5.50. The fraction of sp³-hybridized carbons (Fsp3) is 0.0769. The van der Waals surface area contributed by atoms with E-state index in [2.05, 4.69) is 10.5 Å². The molecule has 0 amide bonds. The van der Waals surface area contributed by atoms with Gasteiger partial charge in [0.05, 0.1) is 5.69 Å². The van der Waals surface area contributed by atoms with Gasteiger partial charge in [0.15, 0.2) is 0 Å². The lowest BCUT2D eigenvalue weighted by Crippen LogP contribution is -2.01. The van der Waals surface area contributed by atoms with Gasteiger partial charge in [-0.25, -0.2) is 4.39 Å². The molecule has 92 valence electrons. The molecule has 2 aromatic rings. The molecule has 0 spiro atoms. The summed E-state index contributed by atoms with van der Waals surface area (Å²) in [7, 11) is 0. The van der Waals surface area contributed by atoms with Crippen LogP contribution in [0.15, 0.2) is 47.6 Å². The molecule has 0 bridgehead atoms. The smallest absolute Gasteiger partial charge is 0.146 e. The highest BCUT2D eigenvalue weighted by atomic mass is 19.1. The second-order valence-corrected chi connectivity index (χ2v) is 3.74. The van der Waals surface area contributed by atoms with E-state index in [4.69, 9.17) is 0 Å². The maximum atomic E-state index is 13.3. The van der Waals surface area contributed by atoms with Crippen LogP contribution >= 0.6 is 0 Å². The molecule has 0 aliphatic carbocycles. The minimum absolute atomic E-state index is 0.0336. The average Bonchev–Trinajstić information content (AvgIpc) is 2.39. The van der Waals surface area contributed by atoms with Crippen molar-refractivity contribution < 1.29 is 9.50 Å². The molecule has 0 atom stereocenters. The molecule has 0 saturated heterocycles. The van der Waals surface area contributed by atoms with Gasteiger partial charge in [-0.15, -0.1) is 4.91 Å². The first-order chi connectivity index (χ1) is 8.70. The van der Waals surface area contributed by atoms with Gasteiger partial charge in [-0.2, -0.15) is 0 Å². The summed E-state index contributed by atoms with van der Waals surface area (Å²) in [5.41, 5.74) is 1.04. The standard InChI is InChI=1S/C13H11FN2O2/c14-11-3-1-2-4-12(11)15-8-9-7-10(16-18)5-6-13(9)17/h1-7,15,17H,8H2. The maximum Gasteiger partial charge on any atom is 0.146 e. The number of para-hydroxylation sites is 1. The second-order valence-electron chi connectivity index (χ2n) is 3.74. The Morgan fingerprint density at radius 2 is 2.00 bits per heavy atom. The third-order valence-corrected chi connectivity index (χ3v) is 2.51. The van der Waals surface area contributed by atoms with Crippen LogP contribution in [0.3, 0.4) is 0 Å². The van der Waals surface area contributed by atoms with Crippen LogP contribution in [-0.2, 0) is 6.54 Å². The van der Waals surface area contributed by atoms with Crippen LogP contribution in [0.5, 0.6) is 5.75 Å². The summed E-state index contributed by atoms with van der Waals surface area (Å²) in [6.45, 7) is 0.204. The van der Waals surface area contributed by atoms with Crippen LogP contribution in [0.4, 0.5) is 15.8 Å². The monoisotopic (exact) mass is 246 g/mol. The van der Waals surface area contributed by atoms with Crippen molar-refractivity contribution in [3.8, 4) is 5.75 Å². The van der Waals surface area contributed by atoms with Crippen LogP contribution < -0.4 is 5.32 Å². The number of phenolic OH excluding ortho intramolecular Hbond substituents is 1. The molecule has 0 heterocycles. The van der Waals surface area contributed by atoms with Gasteiger partial charge < -0.3 is 10.4 Å². The quantitative estimate of drug-likeness (QED) is 0.811. The molecular weight excluding hydrogens is 235 g/mol. The van der Waals surface area contributed by atoms with Crippen LogP contribution in [-0.4, -0.2) is 5.11 Å². The summed E-state index contributed by atoms with van der Waals surface area (Å²) in [4.78, 5) is 10.4. The predicted octanol–water partition coefficient (Wildman–Crippen LogP) is 3.54. The molecule has 0 radical (unpaired) electrons. The molecule has 18 heavy (non-hydrogen) atoms. The number of benzene rings is 2. The van der Waals surface area contributed by atoms with Gasteiger partial charge in [0, 0.05) is 12.1 Å². The number of halogens is 1. The molecule has 4 nitrogen and oxygen atoms in total. The second kappa shape index (κ2) is 5.27. The number of phenols is 1. The van der Waals surface area contributed by atoms with Crippen LogP contribution in [0.2, 0.25) is 0 Å². The molecule has 0 aliphatic rings. The normalized spacial score (nSPS) is 10.1. The first kappa shape index (κ1) is 12.0. The minimum Gasteiger partial charge on any atom is -0.508 e. The molecule has 2 rings (SSSR count). The highest BCUT2D eigenvalue weighted by Crippen LogP contribution is 2.24. The molecule has 0 aromatic heterocycles. The zero-order valence-corrected chi connectivity index (χ0v) is 9.43. The number of aromatic hydroxyl groups is 1. The number of hydrogen-bond acceptors (Lipinski definition) is 4. The summed E-state index contributed by atoms with van der Waals surface area (Å²) in [5, 5.41) is 15.2. The Kier molecular flexibility index (Phi) is 3.52. The van der Waals surface area contributed by atoms with Crippen LogP contribution in [0.1, 0.15) is 5.56 Å². The summed E-state index contributed by atoms with van der Waals surface area (Å²) in [6.07, 6.45) is 0. The topological polar surface area (TPSA) is 61.7 Å². The summed E-state index contributed by atoms with van der Waals surface area (Å²) >= 11 is 0. The SMILES string of the molecule is O=Nc1ccc(O)c(CNc2ccccc2F)c1. The number of rotatable bonds is 4. The van der Waals surface area contributed by atoms with Crippen molar-refractivity contribution in [3.63, 3.8) is 0 Å². The lowest BCUT2D eigenvalue weighted by Gasteiger charge is -2.09. The van der Waals surface area contributed by atoms with E-state index in [9.17, 15) is 14.4 Å². The van der Waals surface area contributed by atoms with E-state index < -0.39 is 0 Å². The number of nitrogens with one attached hydrogen (secondary N) is 1. The molecule has 0 saturated carbocycles. The van der Waals surface area contributed by atoms with Gasteiger partial charge in [-0.05, 0) is 35.5 Å². The fourth-order valence-corrected chi connectivity index (χ4v) is 1.57. The first-order valence-corrected chi connectivity index (χ1v) is 5.34. The summed E-state index contributed by atoms with van der Waals surface area (Å²) in [6, 6.07) is 10.5. The number of nitroso groups, excluding NO2 is 1. The van der Waals surface area contributed by atoms with Gasteiger partial charge in [-0.3, -0.25) is 0 Å². The predicted molar refractivity (Wildman–Crippen MR) is 67.3 cm³/mol. The lowest BCUT2D eigenvalue weighted by molar-refractivity contribution is 0.469. The van der Waals surface area contributed by atoms with E-state index in [0.29, 0.717) is 11.3 Å². The van der Waals surface area contributed by atoms with Gasteiger partial charge in [0.2, 0.25) is 0 Å². The van der Waals surface area contributed by atoms with Crippen molar-refractivity contribution in [2.45, 2.75) is 6.54 Å². The van der Waals surface area contributed by atoms with Gasteiger partial charge in [0.1, 0.15) is 17.3 Å². The van der Waals surface area contributed by atoms with E-state index in [1.807, 2.05) is 0 Å². The van der Waals surface area contributed by atoms with Crippen molar-refractivity contribution in [2.24, 2.45) is 5.18 Å². The Morgan fingerprint density at radius 1 is 1.22 bits per heavy atom. The zero-order valence-electron chi connectivity index (χ0n) is 9.43. The molecule has 2 aromatic carbocycles. The van der Waals surface area contributed by atoms with Crippen molar-refractivity contribution in [3.05, 3.63) is 58.8 Å². The third-order valence-electron chi connectivity index (χ3n) is 2.51. The summed E-state index contributed by atoms with van der Waals surface area (Å²) < 4.78 is 13.3. The number of anilines is 1. The zero-order chi connectivity index (χ0) is 13.0. The lowest BCUT2D eigenvalue weighted by atomic mass is 10.1. The molecular formula is C13H11FN2O2. The molecule has 2 N–H and O–H groups in total. The van der Waals surface area contributed by atoms with Crippen molar-refractivity contribution in [1.82, 2.24) is 0 Å². The van der Waals surface area contributed by atoms with E-state index >= 15 is 0 Å². The van der Waals surface area contributed by atoms with Crippen LogP contribution in [0.25, 0.3) is 0 Å². The van der Waals surface area contributed by atoms with E-state index in [1.54, 1.807) is 18.2 Å². The molecule has 5 heteroatoms. The van der Waals surface area contributed by atoms with Gasteiger partial charge >= 0.3 is 0 Å². The number of nitrogens with zero attached hydrogens (tertiary/aromatic N) is 1. The largest absolute Gasteiger partial charge is 0.508 e. The molecule has 0 fully saturated rings. The third kappa shape index (κ3) is 2.63. The van der Waals surface area contributed by atoms with Gasteiger partial charge in [0.25, 0.3) is 0 Å². The van der Waals surface area contributed by atoms with Gasteiger partial charge in [-0.1, -0.05) is 12.1 Å². The first-order valence-electron chi connectivity index (χ1n) is 5.34. The Morgan fingerprint density at radius 3 is 2.72 bits per heavy atom. The highest BCUT2D eigenvalue weighted by Gasteiger charge is 2.05. The van der Waals surface area contributed by atoms with Crippen molar-refractivity contribution in [1.29, 1.82) is 0 Å². The average molecular weight is 246 g/mol. The van der Waals surface area contributed by atoms with Crippen molar-refractivity contribution in [2.75, 3.05) is 5.32 Å². The Balaban J connectivity index is 2.15. The minimum atomic E-state index is -0.373. The number of hydrogen-bond donors (Lipinski definition) is 2. The van der Waals surface area contributed by atoms with E-state index in [0.717, 1.165) is 0 Å². The van der Waals surface area contributed by atoms with Crippen molar-refractivity contribution >= 4 is 11.4 Å². The summed E-state index contributed by atoms with van der Waals surface area (Å²) in [5.74, 6) is -0.340. The Labute approximate surface area is 103 Å². The maximum absolute atomic E-state index is 13.3. The fourth-order valence-electron chi connectivity index (χ4n) is 1.57. The van der Waals surface area contributed by atoms with Crippen LogP contribution in [0, 0.1) is 10.7 Å². The Hall–Kier alpha value is -2.43. The molecule has 0 aliphatic heterocycles. The van der Waals surface area contributed by atoms with E-state index in [1.165, 1.54) is 24.3 Å². The Bertz CT molecular complexity index is 573. The van der Waals surface area contributed by atoms with E-state index in [-0.39, 0.29) is 23.8 Å².